The Balaban J connectivity index is 1.60. The Kier molecular flexibility index (Phi) is 7.02. The van der Waals surface area contributed by atoms with Gasteiger partial charge in [-0.2, -0.15) is 0 Å². The molecule has 0 unspecified atom stereocenters. The topological polar surface area (TPSA) is 39.4 Å². The third kappa shape index (κ3) is 3.92. The number of carbonyl (C=O) groups is 1. The molecule has 0 bridgehead atoms. The minimum Gasteiger partial charge on any atom is -0.466 e. The van der Waals surface area contributed by atoms with E-state index in [1.807, 2.05) is 0 Å². The van der Waals surface area contributed by atoms with Crippen LogP contribution in [0.25, 0.3) is 14.5 Å². The second-order valence-corrected chi connectivity index (χ2v) is 12.4. The molecule has 184 valence electrons. The lowest BCUT2D eigenvalue weighted by Crippen LogP contribution is -2.61. The summed E-state index contributed by atoms with van der Waals surface area (Å²) in [6.07, 6.45) is 9.07. The second kappa shape index (κ2) is 9.53. The predicted octanol–water partition coefficient (Wildman–Crippen LogP) is 6.71. The first-order valence-corrected chi connectivity index (χ1v) is 13.4. The van der Waals surface area contributed by atoms with E-state index >= 15 is 0 Å². The summed E-state index contributed by atoms with van der Waals surface area (Å²) >= 11 is 0. The number of fused-ring (bicyclic) bond motifs is 5. The van der Waals surface area contributed by atoms with Gasteiger partial charge in [0.15, 0.2) is 0 Å². The molecule has 0 aromatic carbocycles. The van der Waals surface area contributed by atoms with Crippen LogP contribution in [0.15, 0.2) is 0 Å². The Hall–Kier alpha value is -2.06. The first kappa shape index (κ1) is 25.0. The predicted molar refractivity (Wildman–Crippen MR) is 132 cm³/mol. The Morgan fingerprint density at radius 2 is 1.79 bits per heavy atom. The molecule has 4 aliphatic rings. The SMILES string of the molecule is [C-]#[N+][C@@H]1CC[C@@]2(C)[C@@H](C1)C[C@@H]([N+]#[C-])[C@@H]1[C@@H]2C[C@H]([N+]#[C-])[C@]2(C)[C@@H]([C@H](C)CCCOC(C)=O)CC[C@@H]12. The number of rotatable bonds is 5. The van der Waals surface area contributed by atoms with Crippen LogP contribution in [0.4, 0.5) is 0 Å². The molecule has 0 aromatic heterocycles. The van der Waals surface area contributed by atoms with E-state index in [4.69, 9.17) is 24.5 Å². The summed E-state index contributed by atoms with van der Waals surface area (Å²) in [5, 5.41) is 0. The minimum atomic E-state index is -0.216. The maximum Gasteiger partial charge on any atom is 0.302 e. The van der Waals surface area contributed by atoms with E-state index in [1.54, 1.807) is 0 Å². The lowest BCUT2D eigenvalue weighted by atomic mass is 9.42. The highest BCUT2D eigenvalue weighted by molar-refractivity contribution is 5.65. The summed E-state index contributed by atoms with van der Waals surface area (Å²) < 4.78 is 5.17. The molecule has 0 spiro atoms. The van der Waals surface area contributed by atoms with E-state index in [0.717, 1.165) is 57.8 Å². The zero-order valence-electron chi connectivity index (χ0n) is 21.4. The van der Waals surface area contributed by atoms with Crippen molar-refractivity contribution in [2.75, 3.05) is 6.61 Å². The van der Waals surface area contributed by atoms with E-state index in [2.05, 4.69) is 35.3 Å². The van der Waals surface area contributed by atoms with Gasteiger partial charge in [-0.3, -0.25) is 4.79 Å². The molecule has 4 fully saturated rings. The molecule has 0 aromatic rings. The number of nitrogens with zero attached hydrogens (tertiary/aromatic N) is 3. The zero-order chi connectivity index (χ0) is 24.7. The van der Waals surface area contributed by atoms with Crippen molar-refractivity contribution in [3.05, 3.63) is 34.3 Å². The fraction of sp³-hybridized carbons (Fsp3) is 0.862. The normalized spacial score (nSPS) is 45.9. The number of esters is 1. The molecular formula is C29H41N3O2. The average molecular weight is 464 g/mol. The second-order valence-electron chi connectivity index (χ2n) is 12.4. The Morgan fingerprint density at radius 1 is 1.03 bits per heavy atom. The largest absolute Gasteiger partial charge is 0.466 e. The Labute approximate surface area is 206 Å². The van der Waals surface area contributed by atoms with Crippen molar-refractivity contribution >= 4 is 5.97 Å². The summed E-state index contributed by atoms with van der Waals surface area (Å²) in [7, 11) is 0. The Bertz CT molecular complexity index is 912. The first-order valence-electron chi connectivity index (χ1n) is 13.4. The molecule has 0 N–H and O–H groups in total. The molecule has 0 saturated heterocycles. The van der Waals surface area contributed by atoms with Gasteiger partial charge in [0.2, 0.25) is 18.1 Å². The number of hydrogen-bond donors (Lipinski definition) is 0. The molecule has 34 heavy (non-hydrogen) atoms. The van der Waals surface area contributed by atoms with Gasteiger partial charge < -0.3 is 19.3 Å². The summed E-state index contributed by atoms with van der Waals surface area (Å²) in [6.45, 7) is 33.1. The molecule has 0 amide bonds. The summed E-state index contributed by atoms with van der Waals surface area (Å²) in [4.78, 5) is 23.6. The van der Waals surface area contributed by atoms with Crippen molar-refractivity contribution in [3.63, 3.8) is 0 Å². The van der Waals surface area contributed by atoms with Crippen LogP contribution >= 0.6 is 0 Å². The van der Waals surface area contributed by atoms with E-state index in [-0.39, 0.29) is 34.9 Å². The van der Waals surface area contributed by atoms with Crippen LogP contribution < -0.4 is 0 Å². The van der Waals surface area contributed by atoms with Crippen molar-refractivity contribution < 1.29 is 9.53 Å². The highest BCUT2D eigenvalue weighted by Gasteiger charge is 2.70. The van der Waals surface area contributed by atoms with Gasteiger partial charge in [0.25, 0.3) is 0 Å². The molecular weight excluding hydrogens is 422 g/mol. The van der Waals surface area contributed by atoms with Crippen LogP contribution in [-0.2, 0) is 9.53 Å². The maximum atomic E-state index is 11.1. The summed E-state index contributed by atoms with van der Waals surface area (Å²) in [5.74, 6) is 2.49. The van der Waals surface area contributed by atoms with Gasteiger partial charge in [0, 0.05) is 43.9 Å². The Morgan fingerprint density at radius 3 is 2.44 bits per heavy atom. The monoisotopic (exact) mass is 463 g/mol. The standard InChI is InChI=1S/C29H41N3O2/c1-18(9-8-14-34-19(2)33)22-10-11-23-27-24(17-26(32-7)29(22,23)4)28(3)13-12-21(30-5)15-20(28)16-25(27)31-6/h18,20-27H,8-17H2,1-4H3/t18-,20+,21-,22-,23+,24+,25-,26+,27+,28+,29-/m1/s1. The molecule has 0 aliphatic heterocycles. The quantitative estimate of drug-likeness (QED) is 0.258. The van der Waals surface area contributed by atoms with E-state index in [0.29, 0.717) is 42.1 Å². The average Bonchev–Trinajstić information content (AvgIpc) is 3.18. The summed E-state index contributed by atoms with van der Waals surface area (Å²) in [5.41, 5.74) is 0.134. The van der Waals surface area contributed by atoms with Gasteiger partial charge in [0.1, 0.15) is 0 Å². The van der Waals surface area contributed by atoms with Gasteiger partial charge in [-0.1, -0.05) is 20.8 Å². The van der Waals surface area contributed by atoms with Gasteiger partial charge in [0.05, 0.1) is 6.61 Å². The van der Waals surface area contributed by atoms with E-state index in [1.165, 1.54) is 6.92 Å². The number of ether oxygens (including phenoxy) is 1. The third-order valence-electron chi connectivity index (χ3n) is 11.1. The van der Waals surface area contributed by atoms with Crippen molar-refractivity contribution in [1.29, 1.82) is 0 Å². The van der Waals surface area contributed by atoms with Crippen LogP contribution in [0.3, 0.4) is 0 Å². The molecule has 0 heterocycles. The maximum absolute atomic E-state index is 11.1. The molecule has 4 saturated carbocycles. The lowest BCUT2D eigenvalue weighted by Gasteiger charge is -2.60. The van der Waals surface area contributed by atoms with E-state index in [9.17, 15) is 4.79 Å². The highest BCUT2D eigenvalue weighted by atomic mass is 16.5. The van der Waals surface area contributed by atoms with Gasteiger partial charge in [-0.15, -0.1) is 0 Å². The molecule has 4 aliphatic carbocycles. The van der Waals surface area contributed by atoms with Crippen molar-refractivity contribution in [1.82, 2.24) is 0 Å². The number of carbonyl (C=O) groups excluding carboxylic acids is 1. The smallest absolute Gasteiger partial charge is 0.302 e. The van der Waals surface area contributed by atoms with Gasteiger partial charge in [-0.25, -0.2) is 19.7 Å². The lowest BCUT2D eigenvalue weighted by molar-refractivity contribution is -0.141. The van der Waals surface area contributed by atoms with Gasteiger partial charge in [-0.05, 0) is 67.1 Å². The molecule has 0 radical (unpaired) electrons. The third-order valence-corrected chi connectivity index (χ3v) is 11.1. The van der Waals surface area contributed by atoms with Crippen LogP contribution in [0.2, 0.25) is 0 Å². The molecule has 11 atom stereocenters. The zero-order valence-corrected chi connectivity index (χ0v) is 21.4. The van der Waals surface area contributed by atoms with Crippen LogP contribution in [-0.4, -0.2) is 30.7 Å². The molecule has 4 rings (SSSR count). The fourth-order valence-electron chi connectivity index (χ4n) is 9.40. The van der Waals surface area contributed by atoms with Crippen molar-refractivity contribution in [3.8, 4) is 0 Å². The van der Waals surface area contributed by atoms with Crippen LogP contribution in [0.1, 0.15) is 85.5 Å². The number of hydrogen-bond acceptors (Lipinski definition) is 2. The first-order chi connectivity index (χ1) is 16.2. The van der Waals surface area contributed by atoms with Crippen molar-refractivity contribution in [2.24, 2.45) is 46.3 Å². The van der Waals surface area contributed by atoms with Crippen LogP contribution in [0.5, 0.6) is 0 Å². The van der Waals surface area contributed by atoms with E-state index < -0.39 is 0 Å². The molecule has 5 nitrogen and oxygen atoms in total. The van der Waals surface area contributed by atoms with Crippen molar-refractivity contribution in [2.45, 2.75) is 104 Å². The minimum absolute atomic E-state index is 0.0164. The fourth-order valence-corrected chi connectivity index (χ4v) is 9.40. The van der Waals surface area contributed by atoms with Crippen LogP contribution in [0, 0.1) is 66.1 Å². The summed E-state index contributed by atoms with van der Waals surface area (Å²) in [6, 6.07) is 0.180. The van der Waals surface area contributed by atoms with Gasteiger partial charge >= 0.3 is 5.97 Å². The highest BCUT2D eigenvalue weighted by Crippen LogP contribution is 2.69. The molecule has 5 heteroatoms.